The van der Waals surface area contributed by atoms with Crippen molar-refractivity contribution >= 4 is 17.2 Å². The number of hydrogen-bond acceptors (Lipinski definition) is 4. The molecular formula is C11H11N5. The Morgan fingerprint density at radius 1 is 1.38 bits per heavy atom. The Morgan fingerprint density at radius 3 is 2.56 bits per heavy atom. The van der Waals surface area contributed by atoms with Gasteiger partial charge in [-0.2, -0.15) is 10.4 Å². The standard InChI is InChI=1S/C11H11N5/c1-16-7-10(13)11(15-16)14-9-4-2-8(6-12)3-5-9/h2-5,7H,13H2,1H3,(H,14,15). The number of rotatable bonds is 2. The molecule has 0 saturated heterocycles. The molecule has 1 heterocycles. The van der Waals surface area contributed by atoms with Crippen LogP contribution in [0.4, 0.5) is 17.2 Å². The van der Waals surface area contributed by atoms with Crippen LogP contribution in [0.25, 0.3) is 0 Å². The maximum atomic E-state index is 8.66. The number of anilines is 3. The van der Waals surface area contributed by atoms with E-state index in [1.165, 1.54) is 0 Å². The number of nitrogens with two attached hydrogens (primary N) is 1. The average molecular weight is 213 g/mol. The molecule has 2 aromatic rings. The van der Waals surface area contributed by atoms with E-state index in [-0.39, 0.29) is 0 Å². The Morgan fingerprint density at radius 2 is 2.06 bits per heavy atom. The third-order valence-electron chi connectivity index (χ3n) is 2.13. The number of aryl methyl sites for hydroxylation is 1. The van der Waals surface area contributed by atoms with Gasteiger partial charge < -0.3 is 11.1 Å². The molecule has 1 aromatic heterocycles. The first-order valence-corrected chi connectivity index (χ1v) is 4.75. The number of nitrogens with one attached hydrogen (secondary N) is 1. The molecule has 3 N–H and O–H groups in total. The molecule has 0 amide bonds. The smallest absolute Gasteiger partial charge is 0.175 e. The summed E-state index contributed by atoms with van der Waals surface area (Å²) in [6.45, 7) is 0. The number of nitrogen functional groups attached to an aromatic ring is 1. The zero-order chi connectivity index (χ0) is 11.5. The monoisotopic (exact) mass is 213 g/mol. The molecule has 0 spiro atoms. The molecule has 5 nitrogen and oxygen atoms in total. The molecule has 2 rings (SSSR count). The molecule has 0 unspecified atom stereocenters. The van der Waals surface area contributed by atoms with Crippen molar-refractivity contribution in [2.75, 3.05) is 11.1 Å². The lowest BCUT2D eigenvalue weighted by atomic mass is 10.2. The van der Waals surface area contributed by atoms with Gasteiger partial charge in [-0.3, -0.25) is 4.68 Å². The van der Waals surface area contributed by atoms with Gasteiger partial charge in [0.25, 0.3) is 0 Å². The van der Waals surface area contributed by atoms with E-state index in [1.807, 2.05) is 12.1 Å². The van der Waals surface area contributed by atoms with Gasteiger partial charge in [-0.25, -0.2) is 0 Å². The highest BCUT2D eigenvalue weighted by molar-refractivity contribution is 5.68. The Bertz CT molecular complexity index is 532. The Labute approximate surface area is 93.1 Å². The Kier molecular flexibility index (Phi) is 2.48. The summed E-state index contributed by atoms with van der Waals surface area (Å²) in [5, 5.41) is 15.9. The number of hydrogen-bond donors (Lipinski definition) is 2. The van der Waals surface area contributed by atoms with E-state index in [0.717, 1.165) is 5.69 Å². The van der Waals surface area contributed by atoms with Crippen molar-refractivity contribution in [3.8, 4) is 6.07 Å². The van der Waals surface area contributed by atoms with Crippen molar-refractivity contribution < 1.29 is 0 Å². The van der Waals surface area contributed by atoms with Crippen LogP contribution in [0.5, 0.6) is 0 Å². The van der Waals surface area contributed by atoms with Crippen molar-refractivity contribution in [1.29, 1.82) is 5.26 Å². The van der Waals surface area contributed by atoms with Gasteiger partial charge in [0.05, 0.1) is 17.3 Å². The molecule has 16 heavy (non-hydrogen) atoms. The van der Waals surface area contributed by atoms with Crippen molar-refractivity contribution in [1.82, 2.24) is 9.78 Å². The minimum absolute atomic E-state index is 0.590. The predicted octanol–water partition coefficient (Wildman–Crippen LogP) is 1.62. The lowest BCUT2D eigenvalue weighted by Gasteiger charge is -2.03. The molecule has 0 aliphatic rings. The van der Waals surface area contributed by atoms with Gasteiger partial charge in [0.1, 0.15) is 0 Å². The van der Waals surface area contributed by atoms with Gasteiger partial charge in [-0.15, -0.1) is 0 Å². The van der Waals surface area contributed by atoms with Crippen LogP contribution in [0.3, 0.4) is 0 Å². The number of benzene rings is 1. The Balaban J connectivity index is 2.21. The average Bonchev–Trinajstić information content (AvgIpc) is 2.59. The third kappa shape index (κ3) is 1.96. The molecule has 0 radical (unpaired) electrons. The fourth-order valence-electron chi connectivity index (χ4n) is 1.37. The number of nitrogens with zero attached hydrogens (tertiary/aromatic N) is 3. The summed E-state index contributed by atoms with van der Waals surface area (Å²) in [4.78, 5) is 0. The first-order chi connectivity index (χ1) is 7.69. The first kappa shape index (κ1) is 10.1. The fraction of sp³-hybridized carbons (Fsp3) is 0.0909. The fourth-order valence-corrected chi connectivity index (χ4v) is 1.37. The van der Waals surface area contributed by atoms with Crippen molar-refractivity contribution in [3.63, 3.8) is 0 Å². The van der Waals surface area contributed by atoms with Crippen LogP contribution in [-0.4, -0.2) is 9.78 Å². The van der Waals surface area contributed by atoms with Crippen molar-refractivity contribution in [2.45, 2.75) is 0 Å². The number of aromatic nitrogens is 2. The summed E-state index contributed by atoms with van der Waals surface area (Å²) in [7, 11) is 1.81. The largest absolute Gasteiger partial charge is 0.394 e. The van der Waals surface area contributed by atoms with E-state index >= 15 is 0 Å². The van der Waals surface area contributed by atoms with Crippen LogP contribution in [-0.2, 0) is 7.05 Å². The normalized spacial score (nSPS) is 9.75. The molecule has 80 valence electrons. The minimum Gasteiger partial charge on any atom is -0.394 e. The SMILES string of the molecule is Cn1cc(N)c(Nc2ccc(C#N)cc2)n1. The highest BCUT2D eigenvalue weighted by Crippen LogP contribution is 2.20. The van der Waals surface area contributed by atoms with Crippen LogP contribution in [0.2, 0.25) is 0 Å². The molecule has 0 aliphatic carbocycles. The molecule has 5 heteroatoms. The molecule has 0 fully saturated rings. The van der Waals surface area contributed by atoms with Gasteiger partial charge in [-0.05, 0) is 24.3 Å². The van der Waals surface area contributed by atoms with Crippen LogP contribution >= 0.6 is 0 Å². The van der Waals surface area contributed by atoms with Crippen LogP contribution in [0.15, 0.2) is 30.5 Å². The predicted molar refractivity (Wildman–Crippen MR) is 62.1 cm³/mol. The van der Waals surface area contributed by atoms with Crippen LogP contribution < -0.4 is 11.1 Å². The summed E-state index contributed by atoms with van der Waals surface area (Å²) in [6, 6.07) is 9.16. The zero-order valence-corrected chi connectivity index (χ0v) is 8.81. The minimum atomic E-state index is 0.590. The van der Waals surface area contributed by atoms with Crippen molar-refractivity contribution in [3.05, 3.63) is 36.0 Å². The molecule has 0 atom stereocenters. The third-order valence-corrected chi connectivity index (χ3v) is 2.13. The second kappa shape index (κ2) is 3.95. The summed E-state index contributed by atoms with van der Waals surface area (Å²) in [6.07, 6.45) is 1.73. The van der Waals surface area contributed by atoms with E-state index in [1.54, 1.807) is 30.1 Å². The van der Waals surface area contributed by atoms with Crippen LogP contribution in [0.1, 0.15) is 5.56 Å². The van der Waals surface area contributed by atoms with Gasteiger partial charge >= 0.3 is 0 Å². The number of nitriles is 1. The maximum absolute atomic E-state index is 8.66. The van der Waals surface area contributed by atoms with Gasteiger partial charge in [0.15, 0.2) is 5.82 Å². The Hall–Kier alpha value is -2.48. The molecule has 1 aromatic carbocycles. The second-order valence-corrected chi connectivity index (χ2v) is 3.42. The summed E-state index contributed by atoms with van der Waals surface area (Å²) in [5.74, 6) is 0.618. The van der Waals surface area contributed by atoms with E-state index in [0.29, 0.717) is 17.1 Å². The van der Waals surface area contributed by atoms with Gasteiger partial charge in [0.2, 0.25) is 0 Å². The summed E-state index contributed by atoms with van der Waals surface area (Å²) in [5.41, 5.74) is 7.81. The van der Waals surface area contributed by atoms with E-state index in [4.69, 9.17) is 11.0 Å². The highest BCUT2D eigenvalue weighted by Gasteiger charge is 2.03. The first-order valence-electron chi connectivity index (χ1n) is 4.75. The molecule has 0 bridgehead atoms. The molecular weight excluding hydrogens is 202 g/mol. The molecule has 0 saturated carbocycles. The topological polar surface area (TPSA) is 79.7 Å². The highest BCUT2D eigenvalue weighted by atomic mass is 15.3. The molecule has 0 aliphatic heterocycles. The van der Waals surface area contributed by atoms with E-state index in [9.17, 15) is 0 Å². The van der Waals surface area contributed by atoms with Gasteiger partial charge in [-0.1, -0.05) is 0 Å². The quantitative estimate of drug-likeness (QED) is 0.794. The van der Waals surface area contributed by atoms with Crippen LogP contribution in [0, 0.1) is 11.3 Å². The lowest BCUT2D eigenvalue weighted by Crippen LogP contribution is -1.95. The summed E-state index contributed by atoms with van der Waals surface area (Å²) < 4.78 is 1.64. The second-order valence-electron chi connectivity index (χ2n) is 3.42. The van der Waals surface area contributed by atoms with E-state index in [2.05, 4.69) is 16.5 Å². The lowest BCUT2D eigenvalue weighted by molar-refractivity contribution is 0.771. The van der Waals surface area contributed by atoms with E-state index < -0.39 is 0 Å². The van der Waals surface area contributed by atoms with Gasteiger partial charge in [0, 0.05) is 18.9 Å². The van der Waals surface area contributed by atoms with Crippen molar-refractivity contribution in [2.24, 2.45) is 7.05 Å². The summed E-state index contributed by atoms with van der Waals surface area (Å²) >= 11 is 0. The maximum Gasteiger partial charge on any atom is 0.175 e. The zero-order valence-electron chi connectivity index (χ0n) is 8.81.